The van der Waals surface area contributed by atoms with Gasteiger partial charge in [0.25, 0.3) is 5.91 Å². The van der Waals surface area contributed by atoms with Crippen LogP contribution in [-0.2, 0) is 9.59 Å². The fraction of sp³-hybridized carbons (Fsp3) is 0.375. The lowest BCUT2D eigenvalue weighted by Gasteiger charge is -2.24. The molecule has 1 aromatic carbocycles. The Kier molecular flexibility index (Phi) is 3.64. The molecule has 5 heteroatoms. The van der Waals surface area contributed by atoms with Crippen molar-refractivity contribution in [2.24, 2.45) is 5.92 Å². The molecule has 0 spiro atoms. The van der Waals surface area contributed by atoms with Crippen LogP contribution in [0.2, 0.25) is 0 Å². The molecule has 5 nitrogen and oxygen atoms in total. The molecule has 2 amide bonds. The van der Waals surface area contributed by atoms with E-state index in [1.54, 1.807) is 25.1 Å². The van der Waals surface area contributed by atoms with Crippen molar-refractivity contribution in [3.05, 3.63) is 30.4 Å². The van der Waals surface area contributed by atoms with Crippen molar-refractivity contribution < 1.29 is 14.3 Å². The van der Waals surface area contributed by atoms with E-state index in [1.165, 1.54) is 0 Å². The molecule has 1 heterocycles. The zero-order chi connectivity index (χ0) is 14.8. The minimum Gasteiger partial charge on any atom is -0.479 e. The van der Waals surface area contributed by atoms with Crippen LogP contribution in [0.4, 0.5) is 11.4 Å². The predicted octanol–water partition coefficient (Wildman–Crippen LogP) is 2.70. The largest absolute Gasteiger partial charge is 0.479 e. The third kappa shape index (κ3) is 2.91. The van der Waals surface area contributed by atoms with Crippen LogP contribution in [0, 0.1) is 5.92 Å². The third-order valence-corrected chi connectivity index (χ3v) is 3.82. The molecule has 1 aromatic rings. The Hall–Kier alpha value is -2.30. The highest BCUT2D eigenvalue weighted by Crippen LogP contribution is 2.32. The van der Waals surface area contributed by atoms with Crippen molar-refractivity contribution in [2.75, 3.05) is 10.6 Å². The average molecular weight is 286 g/mol. The van der Waals surface area contributed by atoms with Crippen LogP contribution >= 0.6 is 0 Å². The van der Waals surface area contributed by atoms with E-state index < -0.39 is 6.10 Å². The maximum Gasteiger partial charge on any atom is 0.265 e. The van der Waals surface area contributed by atoms with Gasteiger partial charge in [-0.3, -0.25) is 9.59 Å². The van der Waals surface area contributed by atoms with E-state index in [0.29, 0.717) is 17.1 Å². The Labute approximate surface area is 123 Å². The van der Waals surface area contributed by atoms with Gasteiger partial charge in [-0.1, -0.05) is 12.2 Å². The minimum absolute atomic E-state index is 0.0238. The number of allylic oxidation sites excluding steroid dienone is 2. The summed E-state index contributed by atoms with van der Waals surface area (Å²) in [7, 11) is 0. The van der Waals surface area contributed by atoms with Gasteiger partial charge in [0.05, 0.1) is 5.69 Å². The maximum atomic E-state index is 12.2. The number of nitrogens with one attached hydrogen (secondary N) is 2. The zero-order valence-electron chi connectivity index (χ0n) is 11.9. The van der Waals surface area contributed by atoms with Gasteiger partial charge in [-0.2, -0.15) is 0 Å². The topological polar surface area (TPSA) is 67.4 Å². The van der Waals surface area contributed by atoms with E-state index in [0.717, 1.165) is 19.3 Å². The van der Waals surface area contributed by atoms with Crippen molar-refractivity contribution in [2.45, 2.75) is 32.3 Å². The van der Waals surface area contributed by atoms with E-state index >= 15 is 0 Å². The van der Waals surface area contributed by atoms with Gasteiger partial charge in [-0.15, -0.1) is 0 Å². The second kappa shape index (κ2) is 5.60. The normalized spacial score (nSPS) is 23.8. The van der Waals surface area contributed by atoms with Gasteiger partial charge in [0, 0.05) is 11.6 Å². The van der Waals surface area contributed by atoms with E-state index in [9.17, 15) is 9.59 Å². The molecular weight excluding hydrogens is 268 g/mol. The molecule has 0 unspecified atom stereocenters. The first-order chi connectivity index (χ1) is 10.1. The summed E-state index contributed by atoms with van der Waals surface area (Å²) in [4.78, 5) is 23.8. The summed E-state index contributed by atoms with van der Waals surface area (Å²) < 4.78 is 5.49. The molecule has 0 radical (unpaired) electrons. The molecule has 0 aromatic heterocycles. The molecule has 0 saturated carbocycles. The van der Waals surface area contributed by atoms with E-state index in [1.807, 2.05) is 0 Å². The highest BCUT2D eigenvalue weighted by atomic mass is 16.5. The van der Waals surface area contributed by atoms with Gasteiger partial charge in [-0.05, 0) is 44.4 Å². The Bertz CT molecular complexity index is 610. The first-order valence-electron chi connectivity index (χ1n) is 7.21. The molecule has 0 saturated heterocycles. The van der Waals surface area contributed by atoms with Crippen LogP contribution < -0.4 is 15.4 Å². The monoisotopic (exact) mass is 286 g/mol. The van der Waals surface area contributed by atoms with Crippen LogP contribution in [0.5, 0.6) is 5.75 Å². The van der Waals surface area contributed by atoms with Crippen LogP contribution in [0.3, 0.4) is 0 Å². The number of benzene rings is 1. The van der Waals surface area contributed by atoms with Gasteiger partial charge in [0.1, 0.15) is 5.75 Å². The quantitative estimate of drug-likeness (QED) is 0.821. The van der Waals surface area contributed by atoms with E-state index in [4.69, 9.17) is 4.74 Å². The number of amides is 2. The molecule has 1 aliphatic carbocycles. The SMILES string of the molecule is C[C@H]1Oc2ccc(NC(=O)[C@H]3CC=CCC3)cc2NC1=O. The van der Waals surface area contributed by atoms with Crippen LogP contribution in [0.1, 0.15) is 26.2 Å². The first-order valence-corrected chi connectivity index (χ1v) is 7.21. The fourth-order valence-corrected chi connectivity index (χ4v) is 2.56. The summed E-state index contributed by atoms with van der Waals surface area (Å²) in [5, 5.41) is 5.68. The van der Waals surface area contributed by atoms with Crippen LogP contribution in [0.15, 0.2) is 30.4 Å². The Morgan fingerprint density at radius 2 is 2.24 bits per heavy atom. The number of ether oxygens (including phenoxy) is 1. The summed E-state index contributed by atoms with van der Waals surface area (Å²) in [5.41, 5.74) is 1.27. The van der Waals surface area contributed by atoms with Gasteiger partial charge in [-0.25, -0.2) is 0 Å². The maximum absolute atomic E-state index is 12.2. The number of rotatable bonds is 2. The highest BCUT2D eigenvalue weighted by Gasteiger charge is 2.24. The summed E-state index contributed by atoms with van der Waals surface area (Å²) in [6.07, 6.45) is 6.28. The Morgan fingerprint density at radius 3 is 3.00 bits per heavy atom. The lowest BCUT2D eigenvalue weighted by Crippen LogP contribution is -2.34. The molecular formula is C16H18N2O3. The van der Waals surface area contributed by atoms with Crippen molar-refractivity contribution in [3.63, 3.8) is 0 Å². The molecule has 0 fully saturated rings. The highest BCUT2D eigenvalue weighted by molar-refractivity contribution is 5.99. The predicted molar refractivity (Wildman–Crippen MR) is 80.3 cm³/mol. The Balaban J connectivity index is 1.72. The number of hydrogen-bond acceptors (Lipinski definition) is 3. The summed E-state index contributed by atoms with van der Waals surface area (Å²) in [6.45, 7) is 1.70. The van der Waals surface area contributed by atoms with Gasteiger partial charge in [0.2, 0.25) is 5.91 Å². The summed E-state index contributed by atoms with van der Waals surface area (Å²) >= 11 is 0. The van der Waals surface area contributed by atoms with Crippen molar-refractivity contribution in [1.82, 2.24) is 0 Å². The van der Waals surface area contributed by atoms with Crippen molar-refractivity contribution in [1.29, 1.82) is 0 Å². The smallest absolute Gasteiger partial charge is 0.265 e. The molecule has 21 heavy (non-hydrogen) atoms. The second-order valence-electron chi connectivity index (χ2n) is 5.43. The third-order valence-electron chi connectivity index (χ3n) is 3.82. The number of fused-ring (bicyclic) bond motifs is 1. The van der Waals surface area contributed by atoms with Crippen molar-refractivity contribution >= 4 is 23.2 Å². The van der Waals surface area contributed by atoms with E-state index in [-0.39, 0.29) is 17.7 Å². The lowest BCUT2D eigenvalue weighted by molar-refractivity contribution is -0.122. The second-order valence-corrected chi connectivity index (χ2v) is 5.43. The molecule has 0 bridgehead atoms. The van der Waals surface area contributed by atoms with Gasteiger partial charge in [0.15, 0.2) is 6.10 Å². The Morgan fingerprint density at radius 1 is 1.38 bits per heavy atom. The molecule has 2 atom stereocenters. The summed E-state index contributed by atoms with van der Waals surface area (Å²) in [5.74, 6) is 0.497. The number of anilines is 2. The minimum atomic E-state index is -0.494. The number of carbonyl (C=O) groups excluding carboxylic acids is 2. The molecule has 110 valence electrons. The molecule has 2 N–H and O–H groups in total. The summed E-state index contributed by atoms with van der Waals surface area (Å²) in [6, 6.07) is 5.29. The number of carbonyl (C=O) groups is 2. The van der Waals surface area contributed by atoms with Gasteiger partial charge < -0.3 is 15.4 Å². The number of hydrogen-bond donors (Lipinski definition) is 2. The van der Waals surface area contributed by atoms with Crippen molar-refractivity contribution in [3.8, 4) is 5.75 Å². The van der Waals surface area contributed by atoms with E-state index in [2.05, 4.69) is 22.8 Å². The lowest BCUT2D eigenvalue weighted by atomic mass is 9.93. The molecule has 1 aliphatic heterocycles. The van der Waals surface area contributed by atoms with Crippen LogP contribution in [0.25, 0.3) is 0 Å². The first kappa shape index (κ1) is 13.7. The standard InChI is InChI=1S/C16H18N2O3/c1-10-15(19)18-13-9-12(7-8-14(13)21-10)17-16(20)11-5-3-2-4-6-11/h2-3,7-11H,4-6H2,1H3,(H,17,20)(H,18,19)/t10-,11+/m1/s1. The zero-order valence-corrected chi connectivity index (χ0v) is 11.9. The molecule has 2 aliphatic rings. The van der Waals surface area contributed by atoms with Crippen LogP contribution in [-0.4, -0.2) is 17.9 Å². The average Bonchev–Trinajstić information content (AvgIpc) is 2.49. The molecule has 3 rings (SSSR count). The fourth-order valence-electron chi connectivity index (χ4n) is 2.56. The van der Waals surface area contributed by atoms with Gasteiger partial charge >= 0.3 is 0 Å².